The third-order valence-corrected chi connectivity index (χ3v) is 3.52. The molecule has 2 nitrogen and oxygen atoms in total. The Labute approximate surface area is 95.2 Å². The number of aliphatic carboxylic acids is 1. The van der Waals surface area contributed by atoms with E-state index in [1.807, 2.05) is 18.2 Å². The van der Waals surface area contributed by atoms with Crippen molar-refractivity contribution >= 4 is 21.9 Å². The molecule has 2 atom stereocenters. The van der Waals surface area contributed by atoms with Crippen LogP contribution < -0.4 is 0 Å². The van der Waals surface area contributed by atoms with Crippen molar-refractivity contribution in [1.82, 2.24) is 0 Å². The number of carboxylic acid groups (broad SMARTS) is 1. The van der Waals surface area contributed by atoms with Gasteiger partial charge in [0.05, 0.1) is 0 Å². The molecule has 1 N–H and O–H groups in total. The lowest BCUT2D eigenvalue weighted by atomic mass is 9.96. The predicted molar refractivity (Wildman–Crippen MR) is 57.7 cm³/mol. The highest BCUT2D eigenvalue weighted by Gasteiger charge is 2.35. The molecule has 0 bridgehead atoms. The molecular weight excluding hydrogens is 263 g/mol. The third kappa shape index (κ3) is 1.78. The maximum Gasteiger partial charge on any atom is 0.338 e. The molecule has 1 aromatic rings. The average molecular weight is 273 g/mol. The van der Waals surface area contributed by atoms with Gasteiger partial charge in [-0.15, -0.1) is 0 Å². The van der Waals surface area contributed by atoms with Crippen molar-refractivity contribution in [3.63, 3.8) is 0 Å². The van der Waals surface area contributed by atoms with E-state index in [1.165, 1.54) is 0 Å². The van der Waals surface area contributed by atoms with Gasteiger partial charge in [-0.25, -0.2) is 9.18 Å². The maximum absolute atomic E-state index is 13.5. The van der Waals surface area contributed by atoms with Crippen LogP contribution in [0.3, 0.4) is 0 Å². The molecule has 1 aliphatic rings. The van der Waals surface area contributed by atoms with E-state index in [9.17, 15) is 9.18 Å². The van der Waals surface area contributed by atoms with Crippen molar-refractivity contribution in [1.29, 1.82) is 0 Å². The number of benzene rings is 1. The Kier molecular flexibility index (Phi) is 2.78. The van der Waals surface area contributed by atoms with Crippen LogP contribution in [-0.4, -0.2) is 17.2 Å². The van der Waals surface area contributed by atoms with Crippen molar-refractivity contribution in [2.75, 3.05) is 0 Å². The van der Waals surface area contributed by atoms with E-state index in [2.05, 4.69) is 15.9 Å². The van der Waals surface area contributed by atoms with Crippen LogP contribution in [-0.2, 0) is 11.2 Å². The van der Waals surface area contributed by atoms with Gasteiger partial charge in [-0.2, -0.15) is 0 Å². The summed E-state index contributed by atoms with van der Waals surface area (Å²) in [6, 6.07) is 5.64. The first kappa shape index (κ1) is 10.6. The highest BCUT2D eigenvalue weighted by molar-refractivity contribution is 9.10. The lowest BCUT2D eigenvalue weighted by Gasteiger charge is -2.14. The Bertz CT molecular complexity index is 406. The molecule has 0 aromatic heterocycles. The Hall–Kier alpha value is -0.900. The molecule has 0 spiro atoms. The lowest BCUT2D eigenvalue weighted by Crippen LogP contribution is -2.22. The van der Waals surface area contributed by atoms with Crippen molar-refractivity contribution in [2.45, 2.75) is 24.9 Å². The normalized spacial score (nSPS) is 21.1. The van der Waals surface area contributed by atoms with E-state index < -0.39 is 18.1 Å². The first-order chi connectivity index (χ1) is 7.11. The molecule has 0 fully saturated rings. The summed E-state index contributed by atoms with van der Waals surface area (Å²) in [4.78, 5) is 10.6. The van der Waals surface area contributed by atoms with Crippen LogP contribution in [0.4, 0.5) is 4.39 Å². The van der Waals surface area contributed by atoms with Crippen molar-refractivity contribution in [3.05, 3.63) is 33.8 Å². The molecule has 0 saturated carbocycles. The first-order valence-electron chi connectivity index (χ1n) is 4.75. The van der Waals surface area contributed by atoms with Crippen LogP contribution in [0.15, 0.2) is 22.7 Å². The first-order valence-corrected chi connectivity index (χ1v) is 5.54. The number of fused-ring (bicyclic) bond motifs is 1. The van der Waals surface area contributed by atoms with E-state index in [1.54, 1.807) is 0 Å². The molecule has 1 aromatic carbocycles. The van der Waals surface area contributed by atoms with E-state index >= 15 is 0 Å². The Morgan fingerprint density at radius 3 is 3.00 bits per heavy atom. The Morgan fingerprint density at radius 1 is 1.60 bits per heavy atom. The van der Waals surface area contributed by atoms with Crippen molar-refractivity contribution in [3.8, 4) is 0 Å². The smallest absolute Gasteiger partial charge is 0.338 e. The summed E-state index contributed by atoms with van der Waals surface area (Å²) in [7, 11) is 0. The second-order valence-electron chi connectivity index (χ2n) is 3.70. The topological polar surface area (TPSA) is 37.3 Å². The summed E-state index contributed by atoms with van der Waals surface area (Å²) in [5.41, 5.74) is 1.88. The summed E-state index contributed by atoms with van der Waals surface area (Å²) in [6.07, 6.45) is -0.469. The van der Waals surface area contributed by atoms with Gasteiger partial charge in [0.25, 0.3) is 0 Å². The molecule has 15 heavy (non-hydrogen) atoms. The number of aryl methyl sites for hydroxylation is 1. The zero-order valence-electron chi connectivity index (χ0n) is 7.91. The van der Waals surface area contributed by atoms with Gasteiger partial charge in [0.2, 0.25) is 6.17 Å². The molecule has 2 rings (SSSR count). The Balaban J connectivity index is 2.39. The van der Waals surface area contributed by atoms with Crippen LogP contribution in [0.2, 0.25) is 0 Å². The number of halogens is 2. The van der Waals surface area contributed by atoms with Crippen LogP contribution in [0, 0.1) is 0 Å². The standard InChI is InChI=1S/C11H10BrFO2/c12-8-3-1-2-6-4-5-7(9(6)8)10(13)11(14)15/h1-3,7,10H,4-5H2,(H,14,15). The molecule has 1 aliphatic carbocycles. The summed E-state index contributed by atoms with van der Waals surface area (Å²) < 4.78 is 14.3. The molecule has 2 unspecified atom stereocenters. The van der Waals surface area contributed by atoms with E-state index in [-0.39, 0.29) is 0 Å². The quantitative estimate of drug-likeness (QED) is 0.899. The molecule has 0 radical (unpaired) electrons. The molecule has 80 valence electrons. The average Bonchev–Trinajstić information content (AvgIpc) is 2.61. The molecule has 0 heterocycles. The predicted octanol–water partition coefficient (Wildman–Crippen LogP) is 2.90. The number of carboxylic acids is 1. The van der Waals surface area contributed by atoms with Gasteiger partial charge in [-0.3, -0.25) is 0 Å². The summed E-state index contributed by atoms with van der Waals surface area (Å²) in [5.74, 6) is -1.88. The molecule has 0 saturated heterocycles. The number of alkyl halides is 1. The fourth-order valence-corrected chi connectivity index (χ4v) is 2.84. The van der Waals surface area contributed by atoms with Crippen LogP contribution >= 0.6 is 15.9 Å². The van der Waals surface area contributed by atoms with E-state index in [0.717, 1.165) is 22.0 Å². The zero-order valence-corrected chi connectivity index (χ0v) is 9.50. The molecule has 4 heteroatoms. The van der Waals surface area contributed by atoms with Gasteiger partial charge in [-0.05, 0) is 30.0 Å². The number of hydrogen-bond donors (Lipinski definition) is 1. The molecule has 0 amide bonds. The number of carbonyl (C=O) groups is 1. The minimum absolute atomic E-state index is 0.506. The summed E-state index contributed by atoms with van der Waals surface area (Å²) >= 11 is 3.35. The maximum atomic E-state index is 13.5. The Morgan fingerprint density at radius 2 is 2.33 bits per heavy atom. The van der Waals surface area contributed by atoms with Gasteiger partial charge in [0, 0.05) is 10.4 Å². The summed E-state index contributed by atoms with van der Waals surface area (Å²) in [6.45, 7) is 0. The van der Waals surface area contributed by atoms with Crippen LogP contribution in [0.5, 0.6) is 0 Å². The van der Waals surface area contributed by atoms with E-state index in [0.29, 0.717) is 6.42 Å². The molecular formula is C11H10BrFO2. The van der Waals surface area contributed by atoms with E-state index in [4.69, 9.17) is 5.11 Å². The second kappa shape index (κ2) is 3.93. The van der Waals surface area contributed by atoms with Crippen molar-refractivity contribution in [2.24, 2.45) is 0 Å². The largest absolute Gasteiger partial charge is 0.479 e. The van der Waals surface area contributed by atoms with Crippen LogP contribution in [0.25, 0.3) is 0 Å². The van der Waals surface area contributed by atoms with Gasteiger partial charge in [0.1, 0.15) is 0 Å². The van der Waals surface area contributed by atoms with Gasteiger partial charge < -0.3 is 5.11 Å². The third-order valence-electron chi connectivity index (χ3n) is 2.83. The molecule has 0 aliphatic heterocycles. The van der Waals surface area contributed by atoms with Gasteiger partial charge >= 0.3 is 5.97 Å². The van der Waals surface area contributed by atoms with Gasteiger partial charge in [0.15, 0.2) is 0 Å². The van der Waals surface area contributed by atoms with Crippen LogP contribution in [0.1, 0.15) is 23.5 Å². The summed E-state index contributed by atoms with van der Waals surface area (Å²) in [5, 5.41) is 8.67. The highest BCUT2D eigenvalue weighted by atomic mass is 79.9. The number of rotatable bonds is 2. The number of hydrogen-bond acceptors (Lipinski definition) is 1. The zero-order chi connectivity index (χ0) is 11.0. The van der Waals surface area contributed by atoms with Crippen molar-refractivity contribution < 1.29 is 14.3 Å². The highest BCUT2D eigenvalue weighted by Crippen LogP contribution is 2.40. The monoisotopic (exact) mass is 272 g/mol. The minimum Gasteiger partial charge on any atom is -0.479 e. The second-order valence-corrected chi connectivity index (χ2v) is 4.55. The lowest BCUT2D eigenvalue weighted by molar-refractivity contribution is -0.143. The van der Waals surface area contributed by atoms with Gasteiger partial charge in [-0.1, -0.05) is 28.1 Å². The fraction of sp³-hybridized carbons (Fsp3) is 0.364. The fourth-order valence-electron chi connectivity index (χ4n) is 2.14. The minimum atomic E-state index is -1.80. The SMILES string of the molecule is O=C(O)C(F)C1CCc2cccc(Br)c21.